The molecule has 182 valence electrons. The number of aliphatic carboxylic acids is 3. The summed E-state index contributed by atoms with van der Waals surface area (Å²) in [4.78, 5) is 77.1. The quantitative estimate of drug-likeness (QED) is 0.117. The fourth-order valence-corrected chi connectivity index (χ4v) is 2.66. The van der Waals surface area contributed by atoms with Crippen LogP contribution in [0.1, 0.15) is 18.5 Å². The molecule has 0 bridgehead atoms. The normalized spacial score (nSPS) is 14.2. The van der Waals surface area contributed by atoms with Gasteiger partial charge in [-0.1, -0.05) is 0 Å². The number of nitrogens with zero attached hydrogens (tertiary/aromatic N) is 1. The first-order valence-corrected chi connectivity index (χ1v) is 9.99. The zero-order valence-electron chi connectivity index (χ0n) is 17.1. The molecule has 16 heteroatoms. The maximum Gasteiger partial charge on any atom is 0.326 e. The van der Waals surface area contributed by atoms with Crippen LogP contribution >= 0.6 is 12.6 Å². The Labute approximate surface area is 191 Å². The van der Waals surface area contributed by atoms with Gasteiger partial charge in [0, 0.05) is 24.1 Å². The van der Waals surface area contributed by atoms with E-state index in [0.29, 0.717) is 5.69 Å². The Hall–Kier alpha value is -3.66. The van der Waals surface area contributed by atoms with Crippen molar-refractivity contribution in [2.45, 2.75) is 43.4 Å². The van der Waals surface area contributed by atoms with Crippen molar-refractivity contribution >= 4 is 48.3 Å². The lowest BCUT2D eigenvalue weighted by molar-refractivity contribution is -0.148. The number of carboxylic acids is 3. The number of aromatic amines is 1. The fourth-order valence-electron chi connectivity index (χ4n) is 2.49. The Morgan fingerprint density at radius 3 is 1.91 bits per heavy atom. The van der Waals surface area contributed by atoms with E-state index in [1.54, 1.807) is 0 Å². The summed E-state index contributed by atoms with van der Waals surface area (Å²) < 4.78 is 0. The molecule has 15 nitrogen and oxygen atoms in total. The smallest absolute Gasteiger partial charge is 0.326 e. The lowest BCUT2D eigenvalue weighted by Crippen LogP contribution is -2.58. The van der Waals surface area contributed by atoms with Crippen molar-refractivity contribution in [3.8, 4) is 0 Å². The molecule has 0 aromatic carbocycles. The molecule has 4 atom stereocenters. The first-order chi connectivity index (χ1) is 15.4. The Morgan fingerprint density at radius 1 is 0.909 bits per heavy atom. The number of nitrogens with two attached hydrogens (primary N) is 1. The molecular formula is C17H24N6O9S. The number of imidazole rings is 1. The molecule has 0 aliphatic carbocycles. The number of aromatic nitrogens is 2. The maximum absolute atomic E-state index is 12.8. The highest BCUT2D eigenvalue weighted by Crippen LogP contribution is 2.03. The first kappa shape index (κ1) is 27.4. The molecule has 1 aromatic rings. The molecule has 1 heterocycles. The van der Waals surface area contributed by atoms with Gasteiger partial charge in [0.2, 0.25) is 17.7 Å². The summed E-state index contributed by atoms with van der Waals surface area (Å²) in [6, 6.07) is -6.01. The third kappa shape index (κ3) is 9.56. The number of hydrogen-bond acceptors (Lipinski definition) is 9. The van der Waals surface area contributed by atoms with E-state index in [-0.39, 0.29) is 12.2 Å². The third-order valence-electron chi connectivity index (χ3n) is 4.15. The zero-order chi connectivity index (χ0) is 25.1. The summed E-state index contributed by atoms with van der Waals surface area (Å²) in [5, 5.41) is 33.3. The van der Waals surface area contributed by atoms with Crippen LogP contribution in [-0.4, -0.2) is 90.8 Å². The number of carbonyl (C=O) groups excluding carboxylic acids is 3. The lowest BCUT2D eigenvalue weighted by Gasteiger charge is -2.24. The van der Waals surface area contributed by atoms with Gasteiger partial charge in [0.25, 0.3) is 0 Å². The molecule has 0 radical (unpaired) electrons. The highest BCUT2D eigenvalue weighted by Gasteiger charge is 2.32. The van der Waals surface area contributed by atoms with Gasteiger partial charge in [0.1, 0.15) is 18.1 Å². The van der Waals surface area contributed by atoms with E-state index >= 15 is 0 Å². The highest BCUT2D eigenvalue weighted by atomic mass is 32.1. The molecule has 0 saturated carbocycles. The van der Waals surface area contributed by atoms with E-state index in [9.17, 15) is 28.8 Å². The third-order valence-corrected chi connectivity index (χ3v) is 4.54. The van der Waals surface area contributed by atoms with Gasteiger partial charge < -0.3 is 42.0 Å². The van der Waals surface area contributed by atoms with Gasteiger partial charge >= 0.3 is 17.9 Å². The lowest BCUT2D eigenvalue weighted by atomic mass is 10.1. The Balaban J connectivity index is 3.05. The molecular weight excluding hydrogens is 464 g/mol. The van der Waals surface area contributed by atoms with E-state index in [2.05, 4.69) is 33.2 Å². The highest BCUT2D eigenvalue weighted by molar-refractivity contribution is 7.80. The zero-order valence-corrected chi connectivity index (χ0v) is 17.9. The number of hydrogen-bond donors (Lipinski definition) is 9. The molecule has 0 spiro atoms. The number of carboxylic acid groups (broad SMARTS) is 3. The monoisotopic (exact) mass is 488 g/mol. The molecule has 0 fully saturated rings. The van der Waals surface area contributed by atoms with Crippen LogP contribution in [0, 0.1) is 0 Å². The summed E-state index contributed by atoms with van der Waals surface area (Å²) in [6.07, 6.45) is 0.637. The summed E-state index contributed by atoms with van der Waals surface area (Å²) in [5.74, 6) is -7.69. The summed E-state index contributed by atoms with van der Waals surface area (Å²) in [6.45, 7) is 0. The minimum Gasteiger partial charge on any atom is -0.481 e. The van der Waals surface area contributed by atoms with Crippen molar-refractivity contribution < 1.29 is 44.1 Å². The van der Waals surface area contributed by atoms with Crippen LogP contribution in [-0.2, 0) is 35.2 Å². The van der Waals surface area contributed by atoms with Gasteiger partial charge in [-0.3, -0.25) is 24.0 Å². The van der Waals surface area contributed by atoms with Crippen LogP contribution < -0.4 is 21.7 Å². The Bertz CT molecular complexity index is 878. The second-order valence-electron chi connectivity index (χ2n) is 6.79. The topological polar surface area (TPSA) is 254 Å². The van der Waals surface area contributed by atoms with Crippen LogP contribution in [0.2, 0.25) is 0 Å². The van der Waals surface area contributed by atoms with Gasteiger partial charge in [-0.25, -0.2) is 9.78 Å². The number of rotatable bonds is 14. The molecule has 4 unspecified atom stereocenters. The van der Waals surface area contributed by atoms with Crippen molar-refractivity contribution in [1.29, 1.82) is 0 Å². The van der Waals surface area contributed by atoms with Crippen LogP contribution in [0.4, 0.5) is 0 Å². The predicted molar refractivity (Wildman–Crippen MR) is 112 cm³/mol. The number of nitrogens with one attached hydrogen (secondary N) is 4. The number of amides is 3. The van der Waals surface area contributed by atoms with Gasteiger partial charge in [-0.15, -0.1) is 0 Å². The second kappa shape index (κ2) is 13.0. The largest absolute Gasteiger partial charge is 0.481 e. The predicted octanol–water partition coefficient (Wildman–Crippen LogP) is -3.30. The molecule has 33 heavy (non-hydrogen) atoms. The van der Waals surface area contributed by atoms with Crippen LogP contribution in [0.3, 0.4) is 0 Å². The van der Waals surface area contributed by atoms with Gasteiger partial charge in [-0.2, -0.15) is 12.6 Å². The number of H-pyrrole nitrogens is 1. The average Bonchev–Trinajstić information content (AvgIpc) is 3.23. The molecule has 1 aromatic heterocycles. The second-order valence-corrected chi connectivity index (χ2v) is 7.15. The van der Waals surface area contributed by atoms with Gasteiger partial charge in [-0.05, 0) is 0 Å². The number of carbonyl (C=O) groups is 6. The summed E-state index contributed by atoms with van der Waals surface area (Å²) in [5.41, 5.74) is 6.01. The van der Waals surface area contributed by atoms with E-state index in [1.807, 2.05) is 5.32 Å². The van der Waals surface area contributed by atoms with Gasteiger partial charge in [0.15, 0.2) is 0 Å². The minimum absolute atomic E-state index is 0.0333. The average molecular weight is 488 g/mol. The minimum atomic E-state index is -1.86. The molecule has 3 amide bonds. The molecule has 9 N–H and O–H groups in total. The standard InChI is InChI=1S/C17H24N6O9S/c18-8(5-33)14(28)21-9(1-7-4-19-6-20-7)15(29)22-10(2-12(24)25)16(30)23-11(17(31)32)3-13(26)27/h4,6,8-11,33H,1-3,5,18H2,(H,19,20)(H,21,28)(H,22,29)(H,23,30)(H,24,25)(H,26,27)(H,31,32). The van der Waals surface area contributed by atoms with Crippen molar-refractivity contribution in [2.75, 3.05) is 5.75 Å². The van der Waals surface area contributed by atoms with Crippen LogP contribution in [0.25, 0.3) is 0 Å². The molecule has 0 saturated heterocycles. The Kier molecular flexibility index (Phi) is 10.8. The van der Waals surface area contributed by atoms with Crippen molar-refractivity contribution in [1.82, 2.24) is 25.9 Å². The maximum atomic E-state index is 12.8. The first-order valence-electron chi connectivity index (χ1n) is 9.35. The molecule has 0 aliphatic rings. The van der Waals surface area contributed by atoms with Crippen LogP contribution in [0.5, 0.6) is 0 Å². The van der Waals surface area contributed by atoms with E-state index in [0.717, 1.165) is 0 Å². The molecule has 0 aliphatic heterocycles. The van der Waals surface area contributed by atoms with Crippen molar-refractivity contribution in [3.05, 3.63) is 18.2 Å². The Morgan fingerprint density at radius 2 is 1.42 bits per heavy atom. The van der Waals surface area contributed by atoms with E-state index in [1.165, 1.54) is 12.5 Å². The molecule has 1 rings (SSSR count). The van der Waals surface area contributed by atoms with Crippen molar-refractivity contribution in [3.63, 3.8) is 0 Å². The van der Waals surface area contributed by atoms with E-state index < -0.39 is 72.6 Å². The van der Waals surface area contributed by atoms with Crippen molar-refractivity contribution in [2.24, 2.45) is 5.73 Å². The number of thiol groups is 1. The fraction of sp³-hybridized carbons (Fsp3) is 0.471. The van der Waals surface area contributed by atoms with Gasteiger partial charge in [0.05, 0.1) is 25.2 Å². The summed E-state index contributed by atoms with van der Waals surface area (Å²) >= 11 is 3.90. The van der Waals surface area contributed by atoms with E-state index in [4.69, 9.17) is 21.1 Å². The van der Waals surface area contributed by atoms with Crippen LogP contribution in [0.15, 0.2) is 12.5 Å². The summed E-state index contributed by atoms with van der Waals surface area (Å²) in [7, 11) is 0. The SMILES string of the molecule is NC(CS)C(=O)NC(Cc1cnc[nH]1)C(=O)NC(CC(=O)O)C(=O)NC(CC(=O)O)C(=O)O.